The number of nitrogens with zero attached hydrogens (tertiary/aromatic N) is 1. The Labute approximate surface area is 112 Å². The molecule has 0 spiro atoms. The predicted molar refractivity (Wildman–Crippen MR) is 65.3 cm³/mol. The van der Waals surface area contributed by atoms with Gasteiger partial charge in [-0.1, -0.05) is 0 Å². The van der Waals surface area contributed by atoms with Crippen LogP contribution in [0.25, 0.3) is 0 Å². The molecule has 1 saturated heterocycles. The Hall–Kier alpha value is -1.18. The van der Waals surface area contributed by atoms with Crippen LogP contribution in [0.2, 0.25) is 0 Å². The molecule has 0 aliphatic carbocycles. The molecule has 1 rings (SSSR count). The van der Waals surface area contributed by atoms with Crippen LogP contribution in [0.15, 0.2) is 0 Å². The summed E-state index contributed by atoms with van der Waals surface area (Å²) < 4.78 is 9.78. The number of hydrogen-bond donors (Lipinski definition) is 2. The van der Waals surface area contributed by atoms with Crippen molar-refractivity contribution in [3.8, 4) is 0 Å². The van der Waals surface area contributed by atoms with Crippen LogP contribution in [0.1, 0.15) is 12.8 Å². The van der Waals surface area contributed by atoms with Crippen LogP contribution in [0.4, 0.5) is 0 Å². The second-order valence-corrected chi connectivity index (χ2v) is 4.37. The van der Waals surface area contributed by atoms with Crippen LogP contribution in [0.5, 0.6) is 0 Å². The second-order valence-electron chi connectivity index (χ2n) is 4.37. The van der Waals surface area contributed by atoms with Gasteiger partial charge in [0.25, 0.3) is 0 Å². The molecule has 7 nitrogen and oxygen atoms in total. The van der Waals surface area contributed by atoms with E-state index >= 15 is 0 Å². The quantitative estimate of drug-likeness (QED) is 0.509. The van der Waals surface area contributed by atoms with Crippen LogP contribution in [0, 0.1) is 5.92 Å². The van der Waals surface area contributed by atoms with Crippen molar-refractivity contribution in [3.63, 3.8) is 0 Å². The molecule has 0 aromatic heterocycles. The van der Waals surface area contributed by atoms with Crippen LogP contribution < -0.4 is 0 Å². The smallest absolute Gasteiger partial charge is 0.312 e. The maximum Gasteiger partial charge on any atom is 0.312 e. The lowest BCUT2D eigenvalue weighted by Crippen LogP contribution is -2.32. The van der Waals surface area contributed by atoms with Crippen molar-refractivity contribution in [1.29, 1.82) is 0 Å². The first kappa shape index (κ1) is 15.9. The molecule has 0 bridgehead atoms. The largest absolute Gasteiger partial charge is 0.465 e. The maximum atomic E-state index is 11.5. The minimum absolute atomic E-state index is 0.0248. The Morgan fingerprint density at radius 1 is 1.32 bits per heavy atom. The fourth-order valence-electron chi connectivity index (χ4n) is 1.82. The molecule has 1 aliphatic rings. The fraction of sp³-hybridized carbons (Fsp3) is 0.833. The van der Waals surface area contributed by atoms with E-state index in [0.29, 0.717) is 32.7 Å². The molecule has 0 saturated carbocycles. The molecule has 0 amide bonds. The molecular weight excluding hydrogens is 254 g/mol. The van der Waals surface area contributed by atoms with E-state index in [-0.39, 0.29) is 44.1 Å². The number of ether oxygens (including phenoxy) is 2. The van der Waals surface area contributed by atoms with E-state index in [4.69, 9.17) is 19.7 Å². The summed E-state index contributed by atoms with van der Waals surface area (Å²) in [6.07, 6.45) is 0.759. The Kier molecular flexibility index (Phi) is 7.39. The van der Waals surface area contributed by atoms with Crippen molar-refractivity contribution in [2.24, 2.45) is 5.92 Å². The van der Waals surface area contributed by atoms with Gasteiger partial charge in [-0.15, -0.1) is 0 Å². The molecule has 7 heteroatoms. The third-order valence-electron chi connectivity index (χ3n) is 2.95. The maximum absolute atomic E-state index is 11.5. The molecule has 1 unspecified atom stereocenters. The minimum Gasteiger partial charge on any atom is -0.465 e. The van der Waals surface area contributed by atoms with E-state index in [1.807, 2.05) is 0 Å². The number of cyclic esters (lactones) is 1. The molecule has 1 aliphatic heterocycles. The number of aliphatic hydroxyl groups is 2. The van der Waals surface area contributed by atoms with Crippen LogP contribution in [-0.2, 0) is 19.1 Å². The Balaban J connectivity index is 2.17. The van der Waals surface area contributed by atoms with Crippen molar-refractivity contribution < 1.29 is 29.3 Å². The van der Waals surface area contributed by atoms with Crippen molar-refractivity contribution >= 4 is 11.9 Å². The van der Waals surface area contributed by atoms with Crippen LogP contribution >= 0.6 is 0 Å². The average molecular weight is 275 g/mol. The van der Waals surface area contributed by atoms with Gasteiger partial charge in [-0.2, -0.15) is 0 Å². The molecular formula is C12H21NO6. The third kappa shape index (κ3) is 6.00. The van der Waals surface area contributed by atoms with Gasteiger partial charge in [-0.3, -0.25) is 14.5 Å². The topological polar surface area (TPSA) is 96.3 Å². The SMILES string of the molecule is O=C(CCN(CCO)CCO)OCC1CCOC1=O. The van der Waals surface area contributed by atoms with Gasteiger partial charge >= 0.3 is 11.9 Å². The summed E-state index contributed by atoms with van der Waals surface area (Å²) in [4.78, 5) is 24.4. The van der Waals surface area contributed by atoms with Crippen molar-refractivity contribution in [3.05, 3.63) is 0 Å². The number of carbonyl (C=O) groups excluding carboxylic acids is 2. The van der Waals surface area contributed by atoms with E-state index in [1.54, 1.807) is 4.90 Å². The normalized spacial score (nSPS) is 18.7. The van der Waals surface area contributed by atoms with Crippen molar-refractivity contribution in [2.45, 2.75) is 12.8 Å². The van der Waals surface area contributed by atoms with E-state index in [9.17, 15) is 9.59 Å². The molecule has 1 atom stereocenters. The molecule has 0 aromatic carbocycles. The molecule has 1 heterocycles. The van der Waals surface area contributed by atoms with Gasteiger partial charge in [0, 0.05) is 19.6 Å². The Morgan fingerprint density at radius 3 is 2.53 bits per heavy atom. The molecule has 110 valence electrons. The number of rotatable bonds is 9. The first-order chi connectivity index (χ1) is 9.17. The number of esters is 2. The first-order valence-corrected chi connectivity index (χ1v) is 6.43. The van der Waals surface area contributed by atoms with E-state index < -0.39 is 0 Å². The third-order valence-corrected chi connectivity index (χ3v) is 2.95. The highest BCUT2D eigenvalue weighted by molar-refractivity contribution is 5.75. The number of aliphatic hydroxyl groups excluding tert-OH is 2. The molecule has 0 aromatic rings. The zero-order chi connectivity index (χ0) is 14.1. The van der Waals surface area contributed by atoms with Gasteiger partial charge < -0.3 is 19.7 Å². The fourth-order valence-corrected chi connectivity index (χ4v) is 1.82. The van der Waals surface area contributed by atoms with Gasteiger partial charge in [0.15, 0.2) is 0 Å². The summed E-state index contributed by atoms with van der Waals surface area (Å²) in [5.74, 6) is -1.04. The number of carbonyl (C=O) groups is 2. The molecule has 19 heavy (non-hydrogen) atoms. The summed E-state index contributed by atoms with van der Waals surface area (Å²) in [6.45, 7) is 1.63. The van der Waals surface area contributed by atoms with Crippen LogP contribution in [0.3, 0.4) is 0 Å². The van der Waals surface area contributed by atoms with Gasteiger partial charge in [0.1, 0.15) is 6.61 Å². The summed E-state index contributed by atoms with van der Waals surface area (Å²) in [5, 5.41) is 17.6. The second kappa shape index (κ2) is 8.84. The average Bonchev–Trinajstić information content (AvgIpc) is 2.79. The Bertz CT molecular complexity index is 290. The zero-order valence-electron chi connectivity index (χ0n) is 10.9. The van der Waals surface area contributed by atoms with E-state index in [1.165, 1.54) is 0 Å². The first-order valence-electron chi connectivity index (χ1n) is 6.43. The number of hydrogen-bond acceptors (Lipinski definition) is 7. The highest BCUT2D eigenvalue weighted by atomic mass is 16.6. The van der Waals surface area contributed by atoms with Gasteiger partial charge in [0.05, 0.1) is 32.2 Å². The van der Waals surface area contributed by atoms with E-state index in [2.05, 4.69) is 0 Å². The van der Waals surface area contributed by atoms with Crippen LogP contribution in [-0.4, -0.2) is 73.1 Å². The van der Waals surface area contributed by atoms with E-state index in [0.717, 1.165) is 0 Å². The van der Waals surface area contributed by atoms with Gasteiger partial charge in [-0.25, -0.2) is 0 Å². The van der Waals surface area contributed by atoms with Crippen molar-refractivity contribution in [1.82, 2.24) is 4.90 Å². The van der Waals surface area contributed by atoms with Crippen molar-refractivity contribution in [2.75, 3.05) is 46.1 Å². The molecule has 2 N–H and O–H groups in total. The summed E-state index contributed by atoms with van der Waals surface area (Å²) >= 11 is 0. The Morgan fingerprint density at radius 2 is 2.00 bits per heavy atom. The predicted octanol–water partition coefficient (Wildman–Crippen LogP) is -1.23. The summed E-state index contributed by atoms with van der Waals surface area (Å²) in [5.41, 5.74) is 0. The lowest BCUT2D eigenvalue weighted by Gasteiger charge is -2.19. The minimum atomic E-state index is -0.388. The lowest BCUT2D eigenvalue weighted by atomic mass is 10.1. The zero-order valence-corrected chi connectivity index (χ0v) is 10.9. The monoisotopic (exact) mass is 275 g/mol. The van der Waals surface area contributed by atoms with Gasteiger partial charge in [-0.05, 0) is 6.42 Å². The summed E-state index contributed by atoms with van der Waals surface area (Å²) in [6, 6.07) is 0. The highest BCUT2D eigenvalue weighted by Crippen LogP contribution is 2.14. The molecule has 1 fully saturated rings. The molecule has 0 radical (unpaired) electrons. The highest BCUT2D eigenvalue weighted by Gasteiger charge is 2.27. The lowest BCUT2D eigenvalue weighted by molar-refractivity contribution is -0.149. The standard InChI is InChI=1S/C12H21NO6/c14-6-4-13(5-7-15)3-1-11(16)19-9-10-2-8-18-12(10)17/h10,14-15H,1-9H2. The van der Waals surface area contributed by atoms with Gasteiger partial charge in [0.2, 0.25) is 0 Å². The summed E-state index contributed by atoms with van der Waals surface area (Å²) in [7, 11) is 0.